The Labute approximate surface area is 194 Å². The van der Waals surface area contributed by atoms with Gasteiger partial charge in [0.1, 0.15) is 0 Å². The predicted octanol–water partition coefficient (Wildman–Crippen LogP) is 1.99. The molecule has 1 fully saturated rings. The van der Waals surface area contributed by atoms with Crippen molar-refractivity contribution in [3.63, 3.8) is 0 Å². The van der Waals surface area contributed by atoms with Crippen molar-refractivity contribution in [2.24, 2.45) is 5.92 Å². The molecule has 10 nitrogen and oxygen atoms in total. The van der Waals surface area contributed by atoms with Crippen molar-refractivity contribution >= 4 is 23.4 Å². The van der Waals surface area contributed by atoms with Gasteiger partial charge in [0.15, 0.2) is 5.69 Å². The number of methoxy groups -OCH3 is 1. The quantitative estimate of drug-likeness (QED) is 0.504. The van der Waals surface area contributed by atoms with E-state index in [1.807, 2.05) is 0 Å². The Bertz CT molecular complexity index is 1200. The van der Waals surface area contributed by atoms with Crippen molar-refractivity contribution in [3.8, 4) is 17.1 Å². The molecule has 3 aromatic rings. The molecule has 0 saturated carbocycles. The Hall–Kier alpha value is -3.66. The van der Waals surface area contributed by atoms with E-state index in [-0.39, 0.29) is 29.0 Å². The van der Waals surface area contributed by atoms with E-state index in [0.29, 0.717) is 54.6 Å². The molecule has 1 aliphatic rings. The minimum absolute atomic E-state index is 0.0587. The summed E-state index contributed by atoms with van der Waals surface area (Å²) in [6, 6.07) is 6.41. The number of hydrogen-bond acceptors (Lipinski definition) is 6. The first-order chi connectivity index (χ1) is 15.9. The first kappa shape index (κ1) is 22.5. The molecule has 4 rings (SSSR count). The van der Waals surface area contributed by atoms with Crippen molar-refractivity contribution in [1.82, 2.24) is 30.4 Å². The number of hydrogen-bond donors (Lipinski definition) is 3. The molecule has 0 radical (unpaired) electrons. The molecule has 33 heavy (non-hydrogen) atoms. The third-order valence-electron chi connectivity index (χ3n) is 5.59. The van der Waals surface area contributed by atoms with E-state index in [1.54, 1.807) is 29.3 Å². The predicted molar refractivity (Wildman–Crippen MR) is 121 cm³/mol. The SMILES string of the molecule is COc1cc(-c2cc(C(=O)N3CCC(C(=O)NCc4ccc(=O)[nH]c4)CC3)n[nH]2)c(Cl)cn1. The van der Waals surface area contributed by atoms with Crippen LogP contribution < -0.4 is 15.6 Å². The van der Waals surface area contributed by atoms with Gasteiger partial charge < -0.3 is 19.9 Å². The van der Waals surface area contributed by atoms with Crippen molar-refractivity contribution in [1.29, 1.82) is 0 Å². The van der Waals surface area contributed by atoms with E-state index >= 15 is 0 Å². The van der Waals surface area contributed by atoms with E-state index in [1.165, 1.54) is 19.4 Å². The fourth-order valence-electron chi connectivity index (χ4n) is 3.70. The number of likely N-dealkylation sites (tertiary alicyclic amines) is 1. The van der Waals surface area contributed by atoms with Gasteiger partial charge in [0.25, 0.3) is 5.91 Å². The minimum atomic E-state index is -0.207. The van der Waals surface area contributed by atoms with Crippen LogP contribution >= 0.6 is 11.6 Å². The number of ether oxygens (including phenoxy) is 1. The molecule has 1 saturated heterocycles. The van der Waals surface area contributed by atoms with Crippen LogP contribution in [-0.2, 0) is 11.3 Å². The van der Waals surface area contributed by atoms with Gasteiger partial charge in [-0.2, -0.15) is 5.10 Å². The zero-order valence-corrected chi connectivity index (χ0v) is 18.7. The molecule has 0 bridgehead atoms. The molecule has 3 N–H and O–H groups in total. The number of aromatic nitrogens is 4. The smallest absolute Gasteiger partial charge is 0.274 e. The van der Waals surface area contributed by atoms with Crippen LogP contribution in [-0.4, -0.2) is 57.1 Å². The number of rotatable bonds is 6. The maximum Gasteiger partial charge on any atom is 0.274 e. The molecule has 0 aromatic carbocycles. The Morgan fingerprint density at radius 3 is 2.76 bits per heavy atom. The zero-order valence-electron chi connectivity index (χ0n) is 17.9. The summed E-state index contributed by atoms with van der Waals surface area (Å²) in [6.07, 6.45) is 4.18. The summed E-state index contributed by atoms with van der Waals surface area (Å²) in [7, 11) is 1.51. The first-order valence-corrected chi connectivity index (χ1v) is 10.8. The zero-order chi connectivity index (χ0) is 23.4. The van der Waals surface area contributed by atoms with E-state index in [2.05, 4.69) is 25.5 Å². The fourth-order valence-corrected chi connectivity index (χ4v) is 3.90. The average molecular weight is 471 g/mol. The van der Waals surface area contributed by atoms with Crippen molar-refractivity contribution in [2.75, 3.05) is 20.2 Å². The lowest BCUT2D eigenvalue weighted by Crippen LogP contribution is -2.43. The summed E-state index contributed by atoms with van der Waals surface area (Å²) >= 11 is 6.23. The van der Waals surface area contributed by atoms with Gasteiger partial charge in [-0.05, 0) is 24.5 Å². The molecular weight excluding hydrogens is 448 g/mol. The number of pyridine rings is 2. The number of nitrogens with one attached hydrogen (secondary N) is 3. The normalized spacial score (nSPS) is 14.2. The monoisotopic (exact) mass is 470 g/mol. The highest BCUT2D eigenvalue weighted by atomic mass is 35.5. The van der Waals surface area contributed by atoms with Gasteiger partial charge >= 0.3 is 0 Å². The van der Waals surface area contributed by atoms with Gasteiger partial charge in [0.05, 0.1) is 24.0 Å². The van der Waals surface area contributed by atoms with Crippen LogP contribution in [0.4, 0.5) is 0 Å². The molecule has 4 heterocycles. The van der Waals surface area contributed by atoms with E-state index in [0.717, 1.165) is 5.56 Å². The van der Waals surface area contributed by atoms with E-state index in [9.17, 15) is 14.4 Å². The van der Waals surface area contributed by atoms with Crippen LogP contribution in [0.2, 0.25) is 5.02 Å². The van der Waals surface area contributed by atoms with Crippen molar-refractivity contribution in [3.05, 3.63) is 63.3 Å². The Balaban J connectivity index is 1.33. The summed E-state index contributed by atoms with van der Waals surface area (Å²) in [5.74, 6) is -0.0363. The second kappa shape index (κ2) is 9.86. The van der Waals surface area contributed by atoms with Gasteiger partial charge in [0.2, 0.25) is 17.3 Å². The summed E-state index contributed by atoms with van der Waals surface area (Å²) in [6.45, 7) is 1.26. The van der Waals surface area contributed by atoms with Gasteiger partial charge in [-0.1, -0.05) is 17.7 Å². The number of halogens is 1. The molecule has 0 atom stereocenters. The molecule has 3 aromatic heterocycles. The second-order valence-corrected chi connectivity index (χ2v) is 8.13. The lowest BCUT2D eigenvalue weighted by molar-refractivity contribution is -0.126. The molecule has 11 heteroatoms. The van der Waals surface area contributed by atoms with Crippen LogP contribution in [0.25, 0.3) is 11.3 Å². The first-order valence-electron chi connectivity index (χ1n) is 10.4. The maximum atomic E-state index is 12.9. The van der Waals surface area contributed by atoms with Crippen molar-refractivity contribution in [2.45, 2.75) is 19.4 Å². The summed E-state index contributed by atoms with van der Waals surface area (Å²) in [5.41, 5.74) is 2.12. The Kier molecular flexibility index (Phi) is 6.74. The Morgan fingerprint density at radius 2 is 2.06 bits per heavy atom. The summed E-state index contributed by atoms with van der Waals surface area (Å²) in [4.78, 5) is 44.8. The third kappa shape index (κ3) is 5.23. The highest BCUT2D eigenvalue weighted by Crippen LogP contribution is 2.29. The molecule has 0 spiro atoms. The van der Waals surface area contributed by atoms with Crippen LogP contribution in [0, 0.1) is 5.92 Å². The standard InChI is InChI=1S/C22H23ClN6O4/c1-33-20-8-15(16(23)12-25-20)17-9-18(28-27-17)22(32)29-6-4-14(5-7-29)21(31)26-11-13-2-3-19(30)24-10-13/h2-3,8-10,12,14H,4-7,11H2,1H3,(H,24,30)(H,26,31)(H,27,28). The molecule has 2 amide bonds. The number of carbonyl (C=O) groups is 2. The molecular formula is C22H23ClN6O4. The van der Waals surface area contributed by atoms with Gasteiger partial charge in [0, 0.05) is 49.4 Å². The Morgan fingerprint density at radius 1 is 1.27 bits per heavy atom. The molecule has 0 aliphatic carbocycles. The van der Waals surface area contributed by atoms with Gasteiger partial charge in [-0.15, -0.1) is 0 Å². The largest absolute Gasteiger partial charge is 0.481 e. The highest BCUT2D eigenvalue weighted by molar-refractivity contribution is 6.33. The number of piperidine rings is 1. The average Bonchev–Trinajstić information content (AvgIpc) is 3.33. The second-order valence-electron chi connectivity index (χ2n) is 7.72. The lowest BCUT2D eigenvalue weighted by atomic mass is 9.95. The van der Waals surface area contributed by atoms with Gasteiger partial charge in [-0.3, -0.25) is 19.5 Å². The minimum Gasteiger partial charge on any atom is -0.481 e. The summed E-state index contributed by atoms with van der Waals surface area (Å²) < 4.78 is 5.13. The molecule has 0 unspecified atom stereocenters. The molecule has 1 aliphatic heterocycles. The van der Waals surface area contributed by atoms with Gasteiger partial charge in [-0.25, -0.2) is 4.98 Å². The highest BCUT2D eigenvalue weighted by Gasteiger charge is 2.29. The third-order valence-corrected chi connectivity index (χ3v) is 5.90. The van der Waals surface area contributed by atoms with Crippen LogP contribution in [0.15, 0.2) is 41.5 Å². The fraction of sp³-hybridized carbons (Fsp3) is 0.318. The maximum absolute atomic E-state index is 12.9. The number of carbonyl (C=O) groups excluding carboxylic acids is 2. The number of aromatic amines is 2. The number of H-pyrrole nitrogens is 2. The van der Waals surface area contributed by atoms with Crippen LogP contribution in [0.5, 0.6) is 5.88 Å². The van der Waals surface area contributed by atoms with E-state index in [4.69, 9.17) is 16.3 Å². The number of amides is 2. The number of nitrogens with zero attached hydrogens (tertiary/aromatic N) is 3. The topological polar surface area (TPSA) is 133 Å². The van der Waals surface area contributed by atoms with Crippen LogP contribution in [0.1, 0.15) is 28.9 Å². The lowest BCUT2D eigenvalue weighted by Gasteiger charge is -2.30. The van der Waals surface area contributed by atoms with E-state index < -0.39 is 0 Å². The van der Waals surface area contributed by atoms with Crippen molar-refractivity contribution < 1.29 is 14.3 Å². The summed E-state index contributed by atoms with van der Waals surface area (Å²) in [5, 5.41) is 10.3. The van der Waals surface area contributed by atoms with Crippen LogP contribution in [0.3, 0.4) is 0 Å². The molecule has 172 valence electrons.